The molecule has 0 saturated heterocycles. The molecule has 9 heteroatoms. The highest BCUT2D eigenvalue weighted by Crippen LogP contribution is 2.27. The summed E-state index contributed by atoms with van der Waals surface area (Å²) in [6, 6.07) is 9.75. The van der Waals surface area contributed by atoms with Gasteiger partial charge >= 0.3 is 6.18 Å². The van der Waals surface area contributed by atoms with E-state index in [0.29, 0.717) is 36.5 Å². The molecule has 160 valence electrons. The molecule has 0 bridgehead atoms. The van der Waals surface area contributed by atoms with Gasteiger partial charge in [0.2, 0.25) is 5.91 Å². The Morgan fingerprint density at radius 2 is 1.83 bits per heavy atom. The summed E-state index contributed by atoms with van der Waals surface area (Å²) in [6.07, 6.45) is -3.19. The second kappa shape index (κ2) is 8.81. The number of nitrogens with zero attached hydrogens (tertiary/aromatic N) is 5. The lowest BCUT2D eigenvalue weighted by molar-refractivity contribution is -0.144. The van der Waals surface area contributed by atoms with E-state index in [2.05, 4.69) is 15.1 Å². The third-order valence-corrected chi connectivity index (χ3v) is 4.95. The Bertz CT molecular complexity index is 1030. The molecule has 1 amide bonds. The Morgan fingerprint density at radius 1 is 1.13 bits per heavy atom. The molecule has 1 aromatic carbocycles. The molecule has 2 heterocycles. The zero-order valence-corrected chi connectivity index (χ0v) is 17.2. The maximum Gasteiger partial charge on any atom is 0.453 e. The lowest BCUT2D eigenvalue weighted by Crippen LogP contribution is -2.31. The molecule has 0 saturated carbocycles. The first-order chi connectivity index (χ1) is 14.2. The van der Waals surface area contributed by atoms with Gasteiger partial charge in [0, 0.05) is 30.9 Å². The molecule has 3 rings (SSSR count). The molecule has 0 unspecified atom stereocenters. The van der Waals surface area contributed by atoms with Crippen molar-refractivity contribution in [3.05, 3.63) is 58.7 Å². The molecule has 3 aromatic rings. The van der Waals surface area contributed by atoms with Crippen LogP contribution in [0.1, 0.15) is 48.1 Å². The Labute approximate surface area is 172 Å². The Balaban J connectivity index is 1.78. The van der Waals surface area contributed by atoms with E-state index in [1.54, 1.807) is 13.8 Å². The Hall–Kier alpha value is -2.97. The van der Waals surface area contributed by atoms with Crippen LogP contribution in [0, 0.1) is 13.8 Å². The number of aryl methyl sites for hydroxylation is 2. The van der Waals surface area contributed by atoms with E-state index in [4.69, 9.17) is 0 Å². The van der Waals surface area contributed by atoms with Crippen LogP contribution in [0.25, 0.3) is 5.78 Å². The summed E-state index contributed by atoms with van der Waals surface area (Å²) in [7, 11) is 0. The average molecular weight is 419 g/mol. The number of benzene rings is 1. The second-order valence-corrected chi connectivity index (χ2v) is 7.21. The van der Waals surface area contributed by atoms with Gasteiger partial charge in [-0.25, -0.2) is 9.50 Å². The van der Waals surface area contributed by atoms with Gasteiger partial charge in [-0.05, 0) is 37.8 Å². The van der Waals surface area contributed by atoms with Gasteiger partial charge in [-0.1, -0.05) is 37.3 Å². The highest BCUT2D eigenvalue weighted by atomic mass is 19.4. The van der Waals surface area contributed by atoms with Gasteiger partial charge in [0.15, 0.2) is 0 Å². The van der Waals surface area contributed by atoms with Crippen LogP contribution >= 0.6 is 0 Å². The Kier molecular flexibility index (Phi) is 6.38. The fraction of sp³-hybridized carbons (Fsp3) is 0.429. The number of carbonyl (C=O) groups is 1. The molecule has 0 radical (unpaired) electrons. The number of fused-ring (bicyclic) bond motifs is 1. The SMILES string of the molecule is CCCN(Cc1ccccc1)C(=O)CCc1c(C)nc2nc(C(F)(F)F)nn2c1C. The molecule has 0 atom stereocenters. The molecule has 30 heavy (non-hydrogen) atoms. The maximum absolute atomic E-state index is 12.9. The zero-order valence-electron chi connectivity index (χ0n) is 17.2. The number of carbonyl (C=O) groups excluding carboxylic acids is 1. The van der Waals surface area contributed by atoms with Crippen molar-refractivity contribution in [3.8, 4) is 0 Å². The van der Waals surface area contributed by atoms with Crippen LogP contribution in [0.2, 0.25) is 0 Å². The molecular formula is C21H24F3N5O. The smallest absolute Gasteiger partial charge is 0.338 e. The topological polar surface area (TPSA) is 63.4 Å². The van der Waals surface area contributed by atoms with Crippen molar-refractivity contribution in [2.24, 2.45) is 0 Å². The molecule has 0 aliphatic rings. The quantitative estimate of drug-likeness (QED) is 0.578. The van der Waals surface area contributed by atoms with Crippen LogP contribution in [0.4, 0.5) is 13.2 Å². The minimum absolute atomic E-state index is 0.00540. The van der Waals surface area contributed by atoms with E-state index in [1.165, 1.54) is 0 Å². The maximum atomic E-state index is 12.9. The number of halogens is 3. The summed E-state index contributed by atoms with van der Waals surface area (Å²) in [4.78, 5) is 22.3. The van der Waals surface area contributed by atoms with Gasteiger partial charge in [-0.2, -0.15) is 18.2 Å². The molecule has 6 nitrogen and oxygen atoms in total. The van der Waals surface area contributed by atoms with Crippen LogP contribution in [-0.4, -0.2) is 36.9 Å². The zero-order chi connectivity index (χ0) is 21.9. The highest BCUT2D eigenvalue weighted by Gasteiger charge is 2.37. The van der Waals surface area contributed by atoms with E-state index in [9.17, 15) is 18.0 Å². The molecule has 0 aliphatic heterocycles. The number of aromatic nitrogens is 4. The molecule has 0 aliphatic carbocycles. The molecule has 0 spiro atoms. The normalized spacial score (nSPS) is 11.8. The van der Waals surface area contributed by atoms with Crippen molar-refractivity contribution in [3.63, 3.8) is 0 Å². The third kappa shape index (κ3) is 4.77. The lowest BCUT2D eigenvalue weighted by Gasteiger charge is -2.22. The Morgan fingerprint density at radius 3 is 2.47 bits per heavy atom. The molecule has 2 aromatic heterocycles. The summed E-state index contributed by atoms with van der Waals surface area (Å²) in [5, 5.41) is 3.56. The van der Waals surface area contributed by atoms with Crippen molar-refractivity contribution in [1.29, 1.82) is 0 Å². The first kappa shape index (κ1) is 21.7. The van der Waals surface area contributed by atoms with E-state index in [-0.39, 0.29) is 18.1 Å². The van der Waals surface area contributed by atoms with E-state index in [1.807, 2.05) is 42.2 Å². The third-order valence-electron chi connectivity index (χ3n) is 4.95. The monoisotopic (exact) mass is 419 g/mol. The summed E-state index contributed by atoms with van der Waals surface area (Å²) >= 11 is 0. The van der Waals surface area contributed by atoms with Gasteiger partial charge in [0.05, 0.1) is 0 Å². The molecule has 0 N–H and O–H groups in total. The lowest BCUT2D eigenvalue weighted by atomic mass is 10.1. The van der Waals surface area contributed by atoms with Crippen molar-refractivity contribution in [2.75, 3.05) is 6.54 Å². The van der Waals surface area contributed by atoms with Gasteiger partial charge in [-0.15, -0.1) is 5.10 Å². The van der Waals surface area contributed by atoms with E-state index < -0.39 is 12.0 Å². The van der Waals surface area contributed by atoms with Gasteiger partial charge < -0.3 is 4.90 Å². The fourth-order valence-electron chi connectivity index (χ4n) is 3.45. The number of rotatable bonds is 7. The van der Waals surface area contributed by atoms with Crippen LogP contribution in [0.3, 0.4) is 0 Å². The van der Waals surface area contributed by atoms with Crippen molar-refractivity contribution >= 4 is 11.7 Å². The summed E-state index contributed by atoms with van der Waals surface area (Å²) in [6.45, 7) is 6.56. The summed E-state index contributed by atoms with van der Waals surface area (Å²) in [5.74, 6) is -1.32. The highest BCUT2D eigenvalue weighted by molar-refractivity contribution is 5.76. The number of alkyl halides is 3. The average Bonchev–Trinajstić information content (AvgIpc) is 3.13. The van der Waals surface area contributed by atoms with Crippen LogP contribution in [-0.2, 0) is 23.9 Å². The number of amides is 1. The number of hydrogen-bond donors (Lipinski definition) is 0. The van der Waals surface area contributed by atoms with Gasteiger partial charge in [-0.3, -0.25) is 4.79 Å². The second-order valence-electron chi connectivity index (χ2n) is 7.21. The van der Waals surface area contributed by atoms with Crippen LogP contribution < -0.4 is 0 Å². The predicted molar refractivity (Wildman–Crippen MR) is 106 cm³/mol. The summed E-state index contributed by atoms with van der Waals surface area (Å²) < 4.78 is 39.9. The van der Waals surface area contributed by atoms with Gasteiger partial charge in [0.1, 0.15) is 0 Å². The van der Waals surface area contributed by atoms with Crippen LogP contribution in [0.15, 0.2) is 30.3 Å². The molecule has 0 fully saturated rings. The molecular weight excluding hydrogens is 395 g/mol. The van der Waals surface area contributed by atoms with E-state index >= 15 is 0 Å². The van der Waals surface area contributed by atoms with E-state index in [0.717, 1.165) is 16.5 Å². The summed E-state index contributed by atoms with van der Waals surface area (Å²) in [5.41, 5.74) is 2.83. The first-order valence-electron chi connectivity index (χ1n) is 9.82. The first-order valence-corrected chi connectivity index (χ1v) is 9.82. The fourth-order valence-corrected chi connectivity index (χ4v) is 3.45. The number of hydrogen-bond acceptors (Lipinski definition) is 4. The van der Waals surface area contributed by atoms with Gasteiger partial charge in [0.25, 0.3) is 11.6 Å². The van der Waals surface area contributed by atoms with Crippen molar-refractivity contribution < 1.29 is 18.0 Å². The van der Waals surface area contributed by atoms with Crippen molar-refractivity contribution in [1.82, 2.24) is 24.5 Å². The van der Waals surface area contributed by atoms with Crippen LogP contribution in [0.5, 0.6) is 0 Å². The largest absolute Gasteiger partial charge is 0.453 e. The minimum Gasteiger partial charge on any atom is -0.338 e. The van der Waals surface area contributed by atoms with Crippen molar-refractivity contribution in [2.45, 2.75) is 52.8 Å². The minimum atomic E-state index is -4.64. The predicted octanol–water partition coefficient (Wildman–Crippen LogP) is 4.13. The standard InChI is InChI=1S/C21H24F3N5O/c1-4-12-28(13-16-8-6-5-7-9-16)18(30)11-10-17-14(2)25-20-26-19(21(22,23)24)27-29(20)15(17)3/h5-9H,4,10-13H2,1-3H3.